The van der Waals surface area contributed by atoms with E-state index in [9.17, 15) is 17.6 Å². The highest BCUT2D eigenvalue weighted by Crippen LogP contribution is 2.32. The molecule has 0 saturated carbocycles. The molecule has 2 aromatic rings. The van der Waals surface area contributed by atoms with Crippen LogP contribution in [0.5, 0.6) is 0 Å². The number of nitrogens with zero attached hydrogens (tertiary/aromatic N) is 3. The van der Waals surface area contributed by atoms with Crippen LogP contribution in [0.3, 0.4) is 0 Å². The van der Waals surface area contributed by atoms with Gasteiger partial charge in [-0.3, -0.25) is 4.79 Å². The molecule has 1 saturated heterocycles. The molecule has 134 valence electrons. The van der Waals surface area contributed by atoms with Crippen LogP contribution in [0.15, 0.2) is 28.5 Å². The third-order valence-electron chi connectivity index (χ3n) is 4.35. The Labute approximate surface area is 149 Å². The zero-order valence-electron chi connectivity index (χ0n) is 13.7. The van der Waals surface area contributed by atoms with E-state index in [1.165, 1.54) is 6.07 Å². The molecule has 0 unspecified atom stereocenters. The number of halogens is 1. The van der Waals surface area contributed by atoms with Crippen LogP contribution in [0.1, 0.15) is 30.0 Å². The van der Waals surface area contributed by atoms with E-state index in [2.05, 4.69) is 9.59 Å². The molecule has 1 aliphatic rings. The summed E-state index contributed by atoms with van der Waals surface area (Å²) >= 11 is 0.889. The van der Waals surface area contributed by atoms with Crippen LogP contribution in [0.25, 0.3) is 0 Å². The topological polar surface area (TPSA) is 80.2 Å². The van der Waals surface area contributed by atoms with Crippen LogP contribution in [0.2, 0.25) is 0 Å². The van der Waals surface area contributed by atoms with Crippen molar-refractivity contribution in [3.05, 3.63) is 41.3 Å². The molecule has 0 spiro atoms. The number of hydrogen-bond donors (Lipinski definition) is 0. The highest BCUT2D eigenvalue weighted by atomic mass is 32.2. The van der Waals surface area contributed by atoms with Crippen LogP contribution >= 0.6 is 11.5 Å². The Morgan fingerprint density at radius 2 is 2.00 bits per heavy atom. The first-order valence-corrected chi connectivity index (χ1v) is 10.6. The van der Waals surface area contributed by atoms with Gasteiger partial charge < -0.3 is 4.90 Å². The van der Waals surface area contributed by atoms with Crippen LogP contribution in [-0.4, -0.2) is 48.2 Å². The van der Waals surface area contributed by atoms with Gasteiger partial charge >= 0.3 is 0 Å². The van der Waals surface area contributed by atoms with Crippen molar-refractivity contribution in [3.8, 4) is 0 Å². The zero-order chi connectivity index (χ0) is 18.0. The highest BCUT2D eigenvalue weighted by Gasteiger charge is 2.30. The summed E-state index contributed by atoms with van der Waals surface area (Å²) in [6.45, 7) is 0.997. The zero-order valence-corrected chi connectivity index (χ0v) is 15.3. The predicted octanol–water partition coefficient (Wildman–Crippen LogP) is 2.03. The highest BCUT2D eigenvalue weighted by molar-refractivity contribution is 7.92. The molecule has 25 heavy (non-hydrogen) atoms. The van der Waals surface area contributed by atoms with Gasteiger partial charge in [0, 0.05) is 36.8 Å². The summed E-state index contributed by atoms with van der Waals surface area (Å²) in [5, 5.41) is 3.99. The first-order valence-electron chi connectivity index (χ1n) is 7.89. The van der Waals surface area contributed by atoms with E-state index < -0.39 is 9.84 Å². The molecule has 6 nitrogen and oxygen atoms in total. The van der Waals surface area contributed by atoms with Gasteiger partial charge in [0.2, 0.25) is 5.91 Å². The van der Waals surface area contributed by atoms with Gasteiger partial charge in [-0.05, 0) is 24.5 Å². The van der Waals surface area contributed by atoms with Gasteiger partial charge in [-0.2, -0.15) is 0 Å². The number of rotatable bonds is 4. The second kappa shape index (κ2) is 7.17. The molecule has 0 N–H and O–H groups in total. The van der Waals surface area contributed by atoms with Gasteiger partial charge in [-0.25, -0.2) is 12.8 Å². The molecule has 2 heterocycles. The Hall–Kier alpha value is -1.87. The Bertz CT molecular complexity index is 874. The SMILES string of the molecule is CS(=O)(=O)c1snnc1C1CCN(C(=O)Cc2ccccc2F)CC1. The maximum absolute atomic E-state index is 13.7. The molecule has 1 aliphatic heterocycles. The maximum Gasteiger partial charge on any atom is 0.227 e. The number of amides is 1. The van der Waals surface area contributed by atoms with E-state index in [-0.39, 0.29) is 28.3 Å². The molecule has 0 aliphatic carbocycles. The maximum atomic E-state index is 13.7. The number of benzene rings is 1. The average molecular weight is 383 g/mol. The van der Waals surface area contributed by atoms with Gasteiger partial charge in [0.05, 0.1) is 12.1 Å². The minimum atomic E-state index is -3.34. The lowest BCUT2D eigenvalue weighted by Crippen LogP contribution is -2.39. The Kier molecular flexibility index (Phi) is 5.14. The lowest BCUT2D eigenvalue weighted by molar-refractivity contribution is -0.131. The van der Waals surface area contributed by atoms with Crippen LogP contribution in [0.4, 0.5) is 4.39 Å². The Balaban J connectivity index is 1.64. The van der Waals surface area contributed by atoms with Crippen LogP contribution in [-0.2, 0) is 21.1 Å². The summed E-state index contributed by atoms with van der Waals surface area (Å²) in [5.41, 5.74) is 0.895. The molecule has 1 amide bonds. The number of piperidine rings is 1. The van der Waals surface area contributed by atoms with Crippen molar-refractivity contribution in [2.24, 2.45) is 0 Å². The van der Waals surface area contributed by atoms with Gasteiger partial charge in [-0.15, -0.1) is 5.10 Å². The van der Waals surface area contributed by atoms with Gasteiger partial charge in [0.15, 0.2) is 14.0 Å². The Morgan fingerprint density at radius 1 is 1.32 bits per heavy atom. The molecule has 1 fully saturated rings. The minimum Gasteiger partial charge on any atom is -0.342 e. The van der Waals surface area contributed by atoms with E-state index >= 15 is 0 Å². The lowest BCUT2D eigenvalue weighted by atomic mass is 9.94. The standard InChI is InChI=1S/C16H18FN3O3S2/c1-25(22,23)16-15(18-19-24-16)11-6-8-20(9-7-11)14(21)10-12-4-2-3-5-13(12)17/h2-5,11H,6-10H2,1H3. The van der Waals surface area contributed by atoms with Crippen LogP contribution < -0.4 is 0 Å². The third kappa shape index (κ3) is 4.04. The summed E-state index contributed by atoms with van der Waals surface area (Å²) in [7, 11) is -3.34. The molecular weight excluding hydrogens is 365 g/mol. The molecule has 0 radical (unpaired) electrons. The van der Waals surface area contributed by atoms with Crippen LogP contribution in [0, 0.1) is 5.82 Å². The van der Waals surface area contributed by atoms with Crippen molar-refractivity contribution < 1.29 is 17.6 Å². The third-order valence-corrected chi connectivity index (χ3v) is 6.90. The summed E-state index contributed by atoms with van der Waals surface area (Å²) in [4.78, 5) is 14.1. The van der Waals surface area contributed by atoms with E-state index in [1.54, 1.807) is 23.1 Å². The monoisotopic (exact) mass is 383 g/mol. The second-order valence-corrected chi connectivity index (χ2v) is 9.11. The molecule has 1 aromatic heterocycles. The number of hydrogen-bond acceptors (Lipinski definition) is 6. The van der Waals surface area contributed by atoms with Gasteiger partial charge in [0.25, 0.3) is 0 Å². The second-order valence-electron chi connectivity index (χ2n) is 6.14. The summed E-state index contributed by atoms with van der Waals surface area (Å²) in [6, 6.07) is 6.26. The number of sulfone groups is 1. The van der Waals surface area contributed by atoms with Crippen molar-refractivity contribution in [2.45, 2.75) is 29.4 Å². The molecular formula is C16H18FN3O3S2. The van der Waals surface area contributed by atoms with Crippen molar-refractivity contribution in [1.82, 2.24) is 14.5 Å². The van der Waals surface area contributed by atoms with Crippen molar-refractivity contribution in [1.29, 1.82) is 0 Å². The number of carbonyl (C=O) groups excluding carboxylic acids is 1. The average Bonchev–Trinajstić information content (AvgIpc) is 3.07. The van der Waals surface area contributed by atoms with Crippen molar-refractivity contribution in [2.75, 3.05) is 19.3 Å². The number of aromatic nitrogens is 2. The fraction of sp³-hybridized carbons (Fsp3) is 0.438. The summed E-state index contributed by atoms with van der Waals surface area (Å²) < 4.78 is 41.3. The normalized spacial score (nSPS) is 16.2. The van der Waals surface area contributed by atoms with E-state index in [1.807, 2.05) is 0 Å². The fourth-order valence-corrected chi connectivity index (χ4v) is 4.75. The molecule has 0 atom stereocenters. The minimum absolute atomic E-state index is 0.0269. The first kappa shape index (κ1) is 17.9. The molecule has 9 heteroatoms. The molecule has 3 rings (SSSR count). The van der Waals surface area contributed by atoms with E-state index in [4.69, 9.17) is 0 Å². The van der Waals surface area contributed by atoms with Crippen molar-refractivity contribution in [3.63, 3.8) is 0 Å². The molecule has 1 aromatic carbocycles. The van der Waals surface area contributed by atoms with E-state index in [0.29, 0.717) is 37.2 Å². The first-order chi connectivity index (χ1) is 11.9. The number of carbonyl (C=O) groups is 1. The largest absolute Gasteiger partial charge is 0.342 e. The summed E-state index contributed by atoms with van der Waals surface area (Å²) in [5.74, 6) is -0.527. The Morgan fingerprint density at radius 3 is 2.64 bits per heavy atom. The summed E-state index contributed by atoms with van der Waals surface area (Å²) in [6.07, 6.45) is 2.43. The van der Waals surface area contributed by atoms with Gasteiger partial charge in [-0.1, -0.05) is 22.7 Å². The number of likely N-dealkylation sites (tertiary alicyclic amines) is 1. The smallest absolute Gasteiger partial charge is 0.227 e. The van der Waals surface area contributed by atoms with Crippen molar-refractivity contribution >= 4 is 27.3 Å². The van der Waals surface area contributed by atoms with E-state index in [0.717, 1.165) is 17.8 Å². The quantitative estimate of drug-likeness (QED) is 0.807. The molecule has 0 bridgehead atoms. The predicted molar refractivity (Wildman–Crippen MR) is 91.7 cm³/mol. The lowest BCUT2D eigenvalue weighted by Gasteiger charge is -2.31. The van der Waals surface area contributed by atoms with Gasteiger partial charge in [0.1, 0.15) is 5.82 Å². The fourth-order valence-electron chi connectivity index (χ4n) is 3.01.